The van der Waals surface area contributed by atoms with Crippen LogP contribution in [0, 0.1) is 5.92 Å². The summed E-state index contributed by atoms with van der Waals surface area (Å²) in [6.45, 7) is 5.61. The van der Waals surface area contributed by atoms with Crippen LogP contribution in [0.4, 0.5) is 26.9 Å². The van der Waals surface area contributed by atoms with Crippen LogP contribution in [0.1, 0.15) is 35.0 Å². The van der Waals surface area contributed by atoms with E-state index in [-0.39, 0.29) is 18.4 Å². The first-order valence-corrected chi connectivity index (χ1v) is 18.1. The first-order valence-electron chi connectivity index (χ1n) is 15.1. The van der Waals surface area contributed by atoms with Gasteiger partial charge in [0, 0.05) is 65.4 Å². The molecule has 0 saturated carbocycles. The molecule has 12 heteroatoms. The van der Waals surface area contributed by atoms with Crippen molar-refractivity contribution in [3.05, 3.63) is 95.8 Å². The minimum absolute atomic E-state index is 0.0317. The number of carbonyl (C=O) groups excluding carboxylic acids is 2. The van der Waals surface area contributed by atoms with Gasteiger partial charge in [0.05, 0.1) is 17.5 Å². The molecule has 1 spiro atoms. The number of aliphatic hydroxyl groups excluding tert-OH is 1. The molecule has 0 bridgehead atoms. The molecule has 4 aromatic rings. The van der Waals surface area contributed by atoms with Crippen molar-refractivity contribution in [1.29, 1.82) is 0 Å². The number of fused-ring (bicyclic) bond motifs is 2. The van der Waals surface area contributed by atoms with E-state index in [1.807, 2.05) is 43.3 Å². The van der Waals surface area contributed by atoms with Gasteiger partial charge in [-0.05, 0) is 74.1 Å². The highest BCUT2D eigenvalue weighted by Crippen LogP contribution is 2.61. The highest BCUT2D eigenvalue weighted by molar-refractivity contribution is 6.72. The van der Waals surface area contributed by atoms with Crippen molar-refractivity contribution < 1.29 is 23.5 Å². The van der Waals surface area contributed by atoms with Crippen LogP contribution in [0.2, 0.25) is 18.6 Å². The number of ether oxygens (including phenoxy) is 1. The maximum Gasteiger partial charge on any atom is 0.268 e. The van der Waals surface area contributed by atoms with Gasteiger partial charge in [-0.2, -0.15) is 0 Å². The number of nitrogens with one attached hydrogen (secondary N) is 1. The number of nitrogens with two attached hydrogens (primary N) is 1. The summed E-state index contributed by atoms with van der Waals surface area (Å²) in [5, 5.41) is 20.4. The van der Waals surface area contributed by atoms with E-state index < -0.39 is 31.6 Å². The lowest BCUT2D eigenvalue weighted by atomic mass is 9.82. The zero-order valence-electron chi connectivity index (χ0n) is 25.5. The summed E-state index contributed by atoms with van der Waals surface area (Å²) < 4.78 is 24.8. The van der Waals surface area contributed by atoms with Gasteiger partial charge >= 0.3 is 0 Å². The average Bonchev–Trinajstić information content (AvgIpc) is 3.66. The molecule has 2 aliphatic rings. The number of hydrogen-bond acceptors (Lipinski definition) is 7. The van der Waals surface area contributed by atoms with Crippen LogP contribution in [0.25, 0.3) is 0 Å². The molecule has 3 heterocycles. The van der Waals surface area contributed by atoms with Crippen molar-refractivity contribution in [2.24, 2.45) is 5.92 Å². The average molecular weight is 629 g/mol. The standard InChI is InChI=1S/C33H37FN6O4Si/c1-21-30(45(2,3)34)29(15-17-39-20-25(16-18-41)37-38-39)44-33(21)27-19-24(36-31(42)22-9-11-23(35)12-10-22)13-14-28(27)40(32(33)43)26-7-5-4-6-8-26/h4-14,19-21,29-30,41H,15-18,35H2,1-3H3,(H,36,42)/t21-,29+,30-,33+/m0/s1. The van der Waals surface area contributed by atoms with Gasteiger partial charge in [-0.25, -0.2) is 0 Å². The van der Waals surface area contributed by atoms with E-state index in [9.17, 15) is 14.7 Å². The minimum Gasteiger partial charge on any atom is -0.399 e. The molecular weight excluding hydrogens is 591 g/mol. The topological polar surface area (TPSA) is 136 Å². The number of benzene rings is 3. The second kappa shape index (κ2) is 11.8. The molecule has 0 aliphatic carbocycles. The monoisotopic (exact) mass is 628 g/mol. The summed E-state index contributed by atoms with van der Waals surface area (Å²) in [6.07, 6.45) is 2.00. The lowest BCUT2D eigenvalue weighted by Gasteiger charge is -2.31. The Bertz CT molecular complexity index is 1710. The number of halogens is 1. The first kappa shape index (κ1) is 30.6. The van der Waals surface area contributed by atoms with Crippen LogP contribution in [0.15, 0.2) is 79.0 Å². The van der Waals surface area contributed by atoms with Crippen LogP contribution in [0.3, 0.4) is 0 Å². The maximum atomic E-state index is 16.3. The number of rotatable bonds is 9. The smallest absolute Gasteiger partial charge is 0.268 e. The largest absolute Gasteiger partial charge is 0.399 e. The summed E-state index contributed by atoms with van der Waals surface area (Å²) in [5.41, 5.74) is 7.86. The van der Waals surface area contributed by atoms with Crippen molar-refractivity contribution in [2.75, 3.05) is 22.6 Å². The Morgan fingerprint density at radius 1 is 1.13 bits per heavy atom. The highest BCUT2D eigenvalue weighted by Gasteiger charge is 2.67. The third kappa shape index (κ3) is 5.53. The minimum atomic E-state index is -3.38. The number of amides is 2. The molecule has 6 rings (SSSR count). The van der Waals surface area contributed by atoms with Crippen molar-refractivity contribution in [3.8, 4) is 0 Å². The van der Waals surface area contributed by atoms with Gasteiger partial charge in [0.25, 0.3) is 11.8 Å². The normalized spacial score (nSPS) is 22.6. The Morgan fingerprint density at radius 3 is 2.56 bits per heavy atom. The number of nitrogens with zero attached hydrogens (tertiary/aromatic N) is 4. The molecule has 4 atom stereocenters. The quantitative estimate of drug-likeness (QED) is 0.132. The number of anilines is 4. The number of nitrogen functional groups attached to an aromatic ring is 1. The second-order valence-electron chi connectivity index (χ2n) is 12.3. The molecule has 1 fully saturated rings. The third-order valence-corrected chi connectivity index (χ3v) is 11.4. The zero-order chi connectivity index (χ0) is 31.9. The summed E-state index contributed by atoms with van der Waals surface area (Å²) in [7, 11) is -3.38. The number of para-hydroxylation sites is 1. The fraction of sp³-hybridized carbons (Fsp3) is 0.333. The lowest BCUT2D eigenvalue weighted by molar-refractivity contribution is -0.145. The summed E-state index contributed by atoms with van der Waals surface area (Å²) in [5.74, 6) is -1.11. The molecule has 0 unspecified atom stereocenters. The van der Waals surface area contributed by atoms with Gasteiger partial charge in [0.15, 0.2) is 5.60 Å². The number of aryl methyl sites for hydroxylation is 1. The number of hydrogen-bond donors (Lipinski definition) is 3. The van der Waals surface area contributed by atoms with Gasteiger partial charge in [-0.3, -0.25) is 19.2 Å². The molecule has 0 radical (unpaired) electrons. The fourth-order valence-corrected chi connectivity index (χ4v) is 9.47. The van der Waals surface area contributed by atoms with Crippen LogP contribution in [-0.2, 0) is 28.1 Å². The van der Waals surface area contributed by atoms with Crippen LogP contribution in [-0.4, -0.2) is 53.0 Å². The fourth-order valence-electron chi connectivity index (χ4n) is 6.93. The van der Waals surface area contributed by atoms with Gasteiger partial charge in [0.2, 0.25) is 8.41 Å². The van der Waals surface area contributed by atoms with Gasteiger partial charge in [-0.1, -0.05) is 30.3 Å². The summed E-state index contributed by atoms with van der Waals surface area (Å²) in [6, 6.07) is 21.3. The number of carbonyl (C=O) groups is 2. The van der Waals surface area contributed by atoms with Gasteiger partial charge < -0.3 is 25.0 Å². The molecule has 3 aromatic carbocycles. The van der Waals surface area contributed by atoms with Crippen molar-refractivity contribution in [2.45, 2.75) is 56.7 Å². The van der Waals surface area contributed by atoms with E-state index >= 15 is 4.11 Å². The predicted molar refractivity (Wildman–Crippen MR) is 172 cm³/mol. The SMILES string of the molecule is C[C@H]1[C@H]([Si](C)(C)F)[C@@H](CCn2cc(CCO)nn2)O[C@]12C(=O)N(c1ccccc1)c1ccc(NC(=O)c3ccc(N)cc3)cc12. The van der Waals surface area contributed by atoms with E-state index in [0.29, 0.717) is 59.0 Å². The van der Waals surface area contributed by atoms with Gasteiger partial charge in [0.1, 0.15) is 0 Å². The van der Waals surface area contributed by atoms with E-state index in [1.54, 1.807) is 65.3 Å². The van der Waals surface area contributed by atoms with Crippen LogP contribution < -0.4 is 16.0 Å². The molecule has 45 heavy (non-hydrogen) atoms. The Balaban J connectivity index is 1.39. The van der Waals surface area contributed by atoms with E-state index in [0.717, 1.165) is 0 Å². The first-order chi connectivity index (χ1) is 21.5. The molecule has 234 valence electrons. The molecule has 2 amide bonds. The van der Waals surface area contributed by atoms with E-state index in [2.05, 4.69) is 15.6 Å². The lowest BCUT2D eigenvalue weighted by Crippen LogP contribution is -2.44. The van der Waals surface area contributed by atoms with E-state index in [4.69, 9.17) is 10.5 Å². The Kier molecular flexibility index (Phi) is 8.06. The van der Waals surface area contributed by atoms with Gasteiger partial charge in [-0.15, -0.1) is 5.10 Å². The Hall–Kier alpha value is -4.39. The zero-order valence-corrected chi connectivity index (χ0v) is 26.5. The third-order valence-electron chi connectivity index (χ3n) is 8.91. The molecule has 4 N–H and O–H groups in total. The summed E-state index contributed by atoms with van der Waals surface area (Å²) >= 11 is 0. The molecule has 1 aromatic heterocycles. The second-order valence-corrected chi connectivity index (χ2v) is 16.1. The predicted octanol–water partition coefficient (Wildman–Crippen LogP) is 5.19. The Morgan fingerprint density at radius 2 is 1.87 bits per heavy atom. The van der Waals surface area contributed by atoms with Crippen molar-refractivity contribution >= 4 is 43.0 Å². The van der Waals surface area contributed by atoms with Crippen molar-refractivity contribution in [3.63, 3.8) is 0 Å². The maximum absolute atomic E-state index is 16.3. The molecule has 1 saturated heterocycles. The molecular formula is C33H37FN6O4Si. The van der Waals surface area contributed by atoms with Crippen LogP contribution >= 0.6 is 0 Å². The Labute approximate surface area is 262 Å². The van der Waals surface area contributed by atoms with Crippen LogP contribution in [0.5, 0.6) is 0 Å². The van der Waals surface area contributed by atoms with Crippen molar-refractivity contribution in [1.82, 2.24) is 15.0 Å². The molecule has 10 nitrogen and oxygen atoms in total. The highest BCUT2D eigenvalue weighted by atomic mass is 28.4. The number of aromatic nitrogens is 3. The number of aliphatic hydroxyl groups is 1. The van der Waals surface area contributed by atoms with E-state index in [1.165, 1.54) is 0 Å². The summed E-state index contributed by atoms with van der Waals surface area (Å²) in [4.78, 5) is 29.5. The molecule has 2 aliphatic heterocycles.